The van der Waals surface area contributed by atoms with Gasteiger partial charge in [0.1, 0.15) is 0 Å². The third-order valence-corrected chi connectivity index (χ3v) is 4.07. The van der Waals surface area contributed by atoms with Crippen molar-refractivity contribution in [3.63, 3.8) is 0 Å². The Labute approximate surface area is 133 Å². The summed E-state index contributed by atoms with van der Waals surface area (Å²) in [4.78, 5) is 0. The second kappa shape index (κ2) is 5.76. The second-order valence-corrected chi connectivity index (χ2v) is 5.46. The average Bonchev–Trinajstić information content (AvgIpc) is 2.97. The Morgan fingerprint density at radius 3 is 2.52 bits per heavy atom. The first-order valence-electron chi connectivity index (χ1n) is 6.39. The number of hydrogen-bond donors (Lipinski definition) is 0. The van der Waals surface area contributed by atoms with Crippen LogP contribution in [0.4, 0.5) is 13.2 Å². The van der Waals surface area contributed by atoms with E-state index in [0.29, 0.717) is 28.5 Å². The predicted octanol–water partition coefficient (Wildman–Crippen LogP) is 2.67. The van der Waals surface area contributed by atoms with Crippen LogP contribution in [0.25, 0.3) is 0 Å². The van der Waals surface area contributed by atoms with Crippen LogP contribution >= 0.6 is 11.8 Å². The molecule has 1 aliphatic heterocycles. The average molecular weight is 344 g/mol. The Hall–Kier alpha value is -2.23. The zero-order chi connectivity index (χ0) is 16.6. The normalized spacial score (nSPS) is 14.2. The van der Waals surface area contributed by atoms with Crippen LogP contribution in [0.3, 0.4) is 0 Å². The van der Waals surface area contributed by atoms with E-state index in [0.717, 1.165) is 16.4 Å². The SMILES string of the molecule is COc1ccc(C2=Nn3c(nnc3C(F)(F)F)SC2)cc1OC. The standard InChI is InChI=1S/C13H11F3N4O2S/c1-21-9-4-3-7(5-10(9)22-2)8-6-23-12-18-17-11(13(14,15)16)20(12)19-8/h3-5H,6H2,1-2H3. The molecule has 6 nitrogen and oxygen atoms in total. The van der Waals surface area contributed by atoms with Crippen molar-refractivity contribution in [2.24, 2.45) is 5.10 Å². The summed E-state index contributed by atoms with van der Waals surface area (Å²) in [5.74, 6) is 0.244. The molecular weight excluding hydrogens is 333 g/mol. The fourth-order valence-corrected chi connectivity index (χ4v) is 2.90. The molecule has 0 N–H and O–H groups in total. The fraction of sp³-hybridized carbons (Fsp3) is 0.308. The van der Waals surface area contributed by atoms with E-state index < -0.39 is 12.0 Å². The van der Waals surface area contributed by atoms with Crippen molar-refractivity contribution in [2.75, 3.05) is 20.0 Å². The Morgan fingerprint density at radius 1 is 1.13 bits per heavy atom. The molecule has 122 valence electrons. The second-order valence-electron chi connectivity index (χ2n) is 4.52. The summed E-state index contributed by atoms with van der Waals surface area (Å²) in [6.07, 6.45) is -4.62. The van der Waals surface area contributed by atoms with E-state index in [1.54, 1.807) is 18.2 Å². The highest BCUT2D eigenvalue weighted by molar-refractivity contribution is 7.99. The minimum absolute atomic E-state index is 0.113. The van der Waals surface area contributed by atoms with Gasteiger partial charge in [0.2, 0.25) is 5.16 Å². The van der Waals surface area contributed by atoms with E-state index in [1.165, 1.54) is 14.2 Å². The number of thioether (sulfide) groups is 1. The molecule has 0 unspecified atom stereocenters. The number of ether oxygens (including phenoxy) is 2. The van der Waals surface area contributed by atoms with Crippen molar-refractivity contribution >= 4 is 17.5 Å². The quantitative estimate of drug-likeness (QED) is 0.857. The fourth-order valence-electron chi connectivity index (χ4n) is 2.06. The van der Waals surface area contributed by atoms with Gasteiger partial charge in [0.25, 0.3) is 5.82 Å². The Kier molecular flexibility index (Phi) is 3.92. The molecule has 2 aromatic rings. The Morgan fingerprint density at radius 2 is 1.87 bits per heavy atom. The smallest absolute Gasteiger partial charge is 0.453 e. The summed E-state index contributed by atoms with van der Waals surface area (Å²) in [5.41, 5.74) is 1.11. The molecule has 1 aromatic heterocycles. The van der Waals surface area contributed by atoms with Crippen LogP contribution in [-0.2, 0) is 6.18 Å². The van der Waals surface area contributed by atoms with Gasteiger partial charge >= 0.3 is 6.18 Å². The zero-order valence-electron chi connectivity index (χ0n) is 12.1. The molecule has 1 aliphatic rings. The van der Waals surface area contributed by atoms with Gasteiger partial charge in [-0.3, -0.25) is 0 Å². The van der Waals surface area contributed by atoms with Gasteiger partial charge < -0.3 is 9.47 Å². The number of aromatic nitrogens is 3. The minimum atomic E-state index is -4.62. The molecule has 0 aliphatic carbocycles. The molecule has 0 spiro atoms. The highest BCUT2D eigenvalue weighted by atomic mass is 32.2. The lowest BCUT2D eigenvalue weighted by Gasteiger charge is -2.16. The Balaban J connectivity index is 2.04. The van der Waals surface area contributed by atoms with Crippen molar-refractivity contribution < 1.29 is 22.6 Å². The molecule has 23 heavy (non-hydrogen) atoms. The van der Waals surface area contributed by atoms with E-state index in [9.17, 15) is 13.2 Å². The molecule has 0 amide bonds. The first-order chi connectivity index (χ1) is 10.9. The maximum Gasteiger partial charge on any atom is 0.453 e. The molecular formula is C13H11F3N4O2S. The van der Waals surface area contributed by atoms with Crippen molar-refractivity contribution in [1.29, 1.82) is 0 Å². The topological polar surface area (TPSA) is 61.5 Å². The highest BCUT2D eigenvalue weighted by Crippen LogP contribution is 2.34. The number of halogens is 3. The van der Waals surface area contributed by atoms with Crippen LogP contribution in [0.5, 0.6) is 11.5 Å². The molecule has 0 bridgehead atoms. The first-order valence-corrected chi connectivity index (χ1v) is 7.38. The first kappa shape index (κ1) is 15.7. The predicted molar refractivity (Wildman–Crippen MR) is 77.2 cm³/mol. The molecule has 1 aromatic carbocycles. The molecule has 10 heteroatoms. The minimum Gasteiger partial charge on any atom is -0.493 e. The summed E-state index contributed by atoms with van der Waals surface area (Å²) in [5, 5.41) is 10.8. The van der Waals surface area contributed by atoms with Crippen molar-refractivity contribution in [3.05, 3.63) is 29.6 Å². The number of rotatable bonds is 3. The summed E-state index contributed by atoms with van der Waals surface area (Å²) >= 11 is 1.14. The van der Waals surface area contributed by atoms with E-state index in [-0.39, 0.29) is 5.16 Å². The number of methoxy groups -OCH3 is 2. The van der Waals surface area contributed by atoms with E-state index >= 15 is 0 Å². The van der Waals surface area contributed by atoms with Gasteiger partial charge in [0.15, 0.2) is 11.5 Å². The van der Waals surface area contributed by atoms with E-state index in [2.05, 4.69) is 15.3 Å². The number of nitrogens with zero attached hydrogens (tertiary/aromatic N) is 4. The molecule has 0 saturated carbocycles. The van der Waals surface area contributed by atoms with E-state index in [4.69, 9.17) is 9.47 Å². The summed E-state index contributed by atoms with van der Waals surface area (Å²) in [6.45, 7) is 0. The summed E-state index contributed by atoms with van der Waals surface area (Å²) in [7, 11) is 2.99. The van der Waals surface area contributed by atoms with Gasteiger partial charge in [-0.05, 0) is 18.2 Å². The van der Waals surface area contributed by atoms with Crippen LogP contribution in [0.1, 0.15) is 11.4 Å². The summed E-state index contributed by atoms with van der Waals surface area (Å²) < 4.78 is 49.8. The maximum absolute atomic E-state index is 12.9. The number of benzene rings is 1. The van der Waals surface area contributed by atoms with Crippen molar-refractivity contribution in [1.82, 2.24) is 14.9 Å². The van der Waals surface area contributed by atoms with Gasteiger partial charge in [0, 0.05) is 11.3 Å². The maximum atomic E-state index is 12.9. The summed E-state index contributed by atoms with van der Waals surface area (Å²) in [6, 6.07) is 5.05. The third-order valence-electron chi connectivity index (χ3n) is 3.14. The van der Waals surface area contributed by atoms with Crippen LogP contribution in [0.15, 0.2) is 28.5 Å². The van der Waals surface area contributed by atoms with Gasteiger partial charge in [-0.15, -0.1) is 10.2 Å². The van der Waals surface area contributed by atoms with Crippen LogP contribution in [0.2, 0.25) is 0 Å². The monoisotopic (exact) mass is 344 g/mol. The largest absolute Gasteiger partial charge is 0.493 e. The van der Waals surface area contributed by atoms with E-state index in [1.807, 2.05) is 0 Å². The lowest BCUT2D eigenvalue weighted by molar-refractivity contribution is -0.147. The highest BCUT2D eigenvalue weighted by Gasteiger charge is 2.40. The number of alkyl halides is 3. The Bertz CT molecular complexity index is 773. The van der Waals surface area contributed by atoms with Gasteiger partial charge in [0.05, 0.1) is 19.9 Å². The van der Waals surface area contributed by atoms with Crippen molar-refractivity contribution in [2.45, 2.75) is 11.3 Å². The zero-order valence-corrected chi connectivity index (χ0v) is 12.9. The molecule has 0 saturated heterocycles. The number of hydrogen-bond acceptors (Lipinski definition) is 6. The van der Waals surface area contributed by atoms with Crippen LogP contribution in [0, 0.1) is 0 Å². The van der Waals surface area contributed by atoms with Crippen LogP contribution < -0.4 is 9.47 Å². The molecule has 0 radical (unpaired) electrons. The molecule has 0 fully saturated rings. The van der Waals surface area contributed by atoms with Gasteiger partial charge in [-0.2, -0.15) is 22.9 Å². The third kappa shape index (κ3) is 2.85. The lowest BCUT2D eigenvalue weighted by Crippen LogP contribution is -2.18. The van der Waals surface area contributed by atoms with Gasteiger partial charge in [-0.25, -0.2) is 0 Å². The number of fused-ring (bicyclic) bond motifs is 1. The molecule has 2 heterocycles. The van der Waals surface area contributed by atoms with Crippen LogP contribution in [-0.4, -0.2) is 40.6 Å². The molecule has 3 rings (SSSR count). The van der Waals surface area contributed by atoms with Crippen molar-refractivity contribution in [3.8, 4) is 11.5 Å². The van der Waals surface area contributed by atoms with Gasteiger partial charge in [-0.1, -0.05) is 11.8 Å². The lowest BCUT2D eigenvalue weighted by atomic mass is 10.1. The molecule has 0 atom stereocenters.